The first-order valence-corrected chi connectivity index (χ1v) is 13.1. The molecule has 35 heavy (non-hydrogen) atoms. The maximum absolute atomic E-state index is 13.5. The first-order chi connectivity index (χ1) is 17.0. The summed E-state index contributed by atoms with van der Waals surface area (Å²) < 4.78 is 1.73. The van der Waals surface area contributed by atoms with Gasteiger partial charge in [0.25, 0.3) is 5.91 Å². The molecule has 2 aliphatic carbocycles. The summed E-state index contributed by atoms with van der Waals surface area (Å²) in [7, 11) is 0. The number of hydrogen-bond acceptors (Lipinski definition) is 5. The third kappa shape index (κ3) is 3.74. The molecule has 0 bridgehead atoms. The number of hydrogen-bond donors (Lipinski definition) is 2. The summed E-state index contributed by atoms with van der Waals surface area (Å²) in [6, 6.07) is 13.0. The number of anilines is 1. The molecule has 8 nitrogen and oxygen atoms in total. The predicted molar refractivity (Wildman–Crippen MR) is 133 cm³/mol. The highest BCUT2D eigenvalue weighted by atomic mass is 32.1. The molecule has 3 aliphatic rings. The van der Waals surface area contributed by atoms with E-state index in [0.29, 0.717) is 18.2 Å². The largest absolute Gasteiger partial charge is 0.325 e. The van der Waals surface area contributed by atoms with Crippen LogP contribution in [-0.4, -0.2) is 39.1 Å². The summed E-state index contributed by atoms with van der Waals surface area (Å²) in [5.41, 5.74) is 1.63. The number of nitrogens with zero attached hydrogens (tertiary/aromatic N) is 3. The van der Waals surface area contributed by atoms with Crippen LogP contribution in [0.25, 0.3) is 5.69 Å². The fourth-order valence-corrected chi connectivity index (χ4v) is 6.69. The van der Waals surface area contributed by atoms with Crippen LogP contribution in [-0.2, 0) is 21.5 Å². The number of fused-ring (bicyclic) bond motifs is 2. The Balaban J connectivity index is 1.24. The van der Waals surface area contributed by atoms with Crippen LogP contribution in [0.5, 0.6) is 0 Å². The Morgan fingerprint density at radius 3 is 2.74 bits per heavy atom. The lowest BCUT2D eigenvalue weighted by atomic mass is 9.80. The van der Waals surface area contributed by atoms with E-state index in [2.05, 4.69) is 10.6 Å². The zero-order chi connectivity index (χ0) is 24.0. The zero-order valence-electron chi connectivity index (χ0n) is 19.3. The van der Waals surface area contributed by atoms with Crippen molar-refractivity contribution < 1.29 is 14.4 Å². The lowest BCUT2D eigenvalue weighted by molar-refractivity contribution is -0.134. The summed E-state index contributed by atoms with van der Waals surface area (Å²) in [5.74, 6) is 0.150. The van der Waals surface area contributed by atoms with E-state index in [1.54, 1.807) is 16.0 Å². The second-order valence-electron chi connectivity index (χ2n) is 9.57. The van der Waals surface area contributed by atoms with Gasteiger partial charge < -0.3 is 10.6 Å². The van der Waals surface area contributed by atoms with E-state index < -0.39 is 17.5 Å². The standard InChI is InChI=1S/C26H27N5O3S/c32-23(16-30-24(33)26(28-25(30)34)13-6-11-21-19(26)12-14-35-21)27-22-15-20(17-7-4-5-8-17)29-31(22)18-9-2-1-3-10-18/h1-3,9-10,12,14-15,17H,4-8,11,13,16H2,(H,27,32)(H,28,34). The van der Waals surface area contributed by atoms with E-state index in [1.165, 1.54) is 12.8 Å². The second kappa shape index (κ2) is 8.64. The lowest BCUT2D eigenvalue weighted by Crippen LogP contribution is -2.46. The average molecular weight is 490 g/mol. The van der Waals surface area contributed by atoms with Crippen molar-refractivity contribution in [2.24, 2.45) is 0 Å². The number of carbonyl (C=O) groups excluding carboxylic acids is 3. The second-order valence-corrected chi connectivity index (χ2v) is 10.6. The highest BCUT2D eigenvalue weighted by Gasteiger charge is 2.54. The van der Waals surface area contributed by atoms with Gasteiger partial charge in [-0.05, 0) is 55.7 Å². The maximum atomic E-state index is 13.5. The van der Waals surface area contributed by atoms with Gasteiger partial charge in [0, 0.05) is 22.4 Å². The fourth-order valence-electron chi connectivity index (χ4n) is 5.69. The Morgan fingerprint density at radius 2 is 1.94 bits per heavy atom. The van der Waals surface area contributed by atoms with Crippen LogP contribution in [0.1, 0.15) is 60.6 Å². The monoisotopic (exact) mass is 489 g/mol. The molecule has 2 aromatic heterocycles. The minimum absolute atomic E-state index is 0.343. The Bertz CT molecular complexity index is 1290. The summed E-state index contributed by atoms with van der Waals surface area (Å²) in [4.78, 5) is 41.6. The number of thiophene rings is 1. The molecule has 1 spiro atoms. The SMILES string of the molecule is O=C(CN1C(=O)NC2(CCCc3sccc32)C1=O)Nc1cc(C2CCCC2)nn1-c1ccccc1. The number of para-hydroxylation sites is 1. The van der Waals surface area contributed by atoms with Crippen LogP contribution in [0.3, 0.4) is 0 Å². The van der Waals surface area contributed by atoms with Crippen LogP contribution < -0.4 is 10.6 Å². The van der Waals surface area contributed by atoms with Gasteiger partial charge in [0.1, 0.15) is 17.9 Å². The molecular weight excluding hydrogens is 462 g/mol. The van der Waals surface area contributed by atoms with Crippen LogP contribution in [0.15, 0.2) is 47.8 Å². The van der Waals surface area contributed by atoms with Crippen molar-refractivity contribution in [3.63, 3.8) is 0 Å². The van der Waals surface area contributed by atoms with E-state index in [4.69, 9.17) is 5.10 Å². The number of aromatic nitrogens is 2. The summed E-state index contributed by atoms with van der Waals surface area (Å²) >= 11 is 1.61. The molecular formula is C26H27N5O3S. The fraction of sp³-hybridized carbons (Fsp3) is 0.385. The van der Waals surface area contributed by atoms with Crippen LogP contribution in [0.2, 0.25) is 0 Å². The van der Waals surface area contributed by atoms with Crippen molar-refractivity contribution in [3.8, 4) is 5.69 Å². The van der Waals surface area contributed by atoms with Gasteiger partial charge in [0.05, 0.1) is 11.4 Å². The van der Waals surface area contributed by atoms with Gasteiger partial charge in [-0.2, -0.15) is 5.10 Å². The van der Waals surface area contributed by atoms with Crippen molar-refractivity contribution in [1.82, 2.24) is 20.0 Å². The molecule has 9 heteroatoms. The van der Waals surface area contributed by atoms with E-state index in [9.17, 15) is 14.4 Å². The number of amides is 4. The molecule has 4 amide bonds. The first kappa shape index (κ1) is 22.0. The van der Waals surface area contributed by atoms with Gasteiger partial charge in [0.15, 0.2) is 0 Å². The Kier molecular flexibility index (Phi) is 5.44. The third-order valence-electron chi connectivity index (χ3n) is 7.41. The van der Waals surface area contributed by atoms with Crippen molar-refractivity contribution in [1.29, 1.82) is 0 Å². The normalized spacial score (nSPS) is 22.0. The van der Waals surface area contributed by atoms with Crippen molar-refractivity contribution >= 4 is 35.0 Å². The maximum Gasteiger partial charge on any atom is 0.325 e. The molecule has 3 aromatic rings. The lowest BCUT2D eigenvalue weighted by Gasteiger charge is -2.31. The molecule has 1 atom stereocenters. The predicted octanol–water partition coefficient (Wildman–Crippen LogP) is 4.31. The quantitative estimate of drug-likeness (QED) is 0.522. The Labute approximate surface area is 207 Å². The van der Waals surface area contributed by atoms with Crippen LogP contribution >= 0.6 is 11.3 Å². The number of urea groups is 1. The smallest absolute Gasteiger partial charge is 0.319 e. The highest BCUT2D eigenvalue weighted by Crippen LogP contribution is 2.42. The molecule has 1 saturated heterocycles. The number of rotatable bonds is 5. The molecule has 3 heterocycles. The molecule has 2 N–H and O–H groups in total. The van der Waals surface area contributed by atoms with Gasteiger partial charge in [0.2, 0.25) is 5.91 Å². The van der Waals surface area contributed by atoms with Crippen molar-refractivity contribution in [2.45, 2.75) is 56.4 Å². The average Bonchev–Trinajstić information content (AvgIpc) is 3.65. The molecule has 1 saturated carbocycles. The van der Waals surface area contributed by atoms with Crippen molar-refractivity contribution in [3.05, 3.63) is 64.0 Å². The molecule has 180 valence electrons. The molecule has 2 fully saturated rings. The Morgan fingerprint density at radius 1 is 1.14 bits per heavy atom. The van der Waals surface area contributed by atoms with E-state index >= 15 is 0 Å². The third-order valence-corrected chi connectivity index (χ3v) is 8.39. The molecule has 1 aromatic carbocycles. The number of nitrogens with one attached hydrogen (secondary N) is 2. The van der Waals surface area contributed by atoms with Gasteiger partial charge in [-0.3, -0.25) is 14.5 Å². The van der Waals surface area contributed by atoms with Gasteiger partial charge in [-0.25, -0.2) is 9.48 Å². The van der Waals surface area contributed by atoms with E-state index in [0.717, 1.165) is 52.4 Å². The van der Waals surface area contributed by atoms with Gasteiger partial charge in [-0.1, -0.05) is 31.0 Å². The summed E-state index contributed by atoms with van der Waals surface area (Å²) in [6.45, 7) is -0.343. The van der Waals surface area contributed by atoms with Crippen LogP contribution in [0, 0.1) is 0 Å². The minimum atomic E-state index is -1.05. The molecule has 1 unspecified atom stereocenters. The van der Waals surface area contributed by atoms with Gasteiger partial charge >= 0.3 is 6.03 Å². The first-order valence-electron chi connectivity index (χ1n) is 12.2. The minimum Gasteiger partial charge on any atom is -0.319 e. The topological polar surface area (TPSA) is 96.3 Å². The van der Waals surface area contributed by atoms with E-state index in [-0.39, 0.29) is 12.5 Å². The highest BCUT2D eigenvalue weighted by molar-refractivity contribution is 7.10. The summed E-state index contributed by atoms with van der Waals surface area (Å²) in [6.07, 6.45) is 6.83. The number of benzene rings is 1. The van der Waals surface area contributed by atoms with Gasteiger partial charge in [-0.15, -0.1) is 11.3 Å². The molecule has 1 aliphatic heterocycles. The molecule has 6 rings (SSSR count). The summed E-state index contributed by atoms with van der Waals surface area (Å²) in [5, 5.41) is 12.6. The van der Waals surface area contributed by atoms with Crippen LogP contribution in [0.4, 0.5) is 10.6 Å². The zero-order valence-corrected chi connectivity index (χ0v) is 20.1. The Hall–Kier alpha value is -3.46. The number of carbonyl (C=O) groups is 3. The molecule has 0 radical (unpaired) electrons. The number of imide groups is 1. The van der Waals surface area contributed by atoms with Crippen molar-refractivity contribution in [2.75, 3.05) is 11.9 Å². The van der Waals surface area contributed by atoms with E-state index in [1.807, 2.05) is 47.8 Å². The number of aryl methyl sites for hydroxylation is 1.